The Kier molecular flexibility index (Phi) is 8.25. The first-order valence-corrected chi connectivity index (χ1v) is 8.83. The number of carbonyl (C=O) groups is 2. The SMILES string of the molecule is COC(=O)[C@H](CCCCc1ccccc1Br)NC(=O)OC(C)(C)C. The summed E-state index contributed by atoms with van der Waals surface area (Å²) in [6.45, 7) is 5.33. The first-order valence-electron chi connectivity index (χ1n) is 8.03. The van der Waals surface area contributed by atoms with Gasteiger partial charge in [0.2, 0.25) is 0 Å². The van der Waals surface area contributed by atoms with Gasteiger partial charge in [0.15, 0.2) is 0 Å². The zero-order valence-corrected chi connectivity index (χ0v) is 16.3. The molecule has 0 aliphatic heterocycles. The zero-order valence-electron chi connectivity index (χ0n) is 14.7. The molecule has 134 valence electrons. The Balaban J connectivity index is 2.47. The second-order valence-electron chi connectivity index (χ2n) is 6.56. The Morgan fingerprint density at radius 2 is 1.88 bits per heavy atom. The number of alkyl carbamates (subject to hydrolysis) is 1. The van der Waals surface area contributed by atoms with Gasteiger partial charge in [-0.2, -0.15) is 0 Å². The number of ether oxygens (including phenoxy) is 2. The van der Waals surface area contributed by atoms with Gasteiger partial charge in [0.05, 0.1) is 7.11 Å². The molecule has 1 aromatic carbocycles. The highest BCUT2D eigenvalue weighted by Crippen LogP contribution is 2.18. The van der Waals surface area contributed by atoms with Crippen LogP contribution in [0.15, 0.2) is 28.7 Å². The Hall–Kier alpha value is -1.56. The number of rotatable bonds is 7. The molecule has 0 saturated heterocycles. The summed E-state index contributed by atoms with van der Waals surface area (Å²) < 4.78 is 11.0. The lowest BCUT2D eigenvalue weighted by molar-refractivity contribution is -0.143. The largest absolute Gasteiger partial charge is 0.467 e. The van der Waals surface area contributed by atoms with Crippen LogP contribution in [0.1, 0.15) is 45.6 Å². The quantitative estimate of drug-likeness (QED) is 0.550. The average Bonchev–Trinajstić information content (AvgIpc) is 2.49. The molecule has 0 fully saturated rings. The normalized spacial score (nSPS) is 12.4. The number of hydrogen-bond donors (Lipinski definition) is 1. The molecule has 0 radical (unpaired) electrons. The number of unbranched alkanes of at least 4 members (excludes halogenated alkanes) is 1. The standard InChI is InChI=1S/C18H26BrNO4/c1-18(2,3)24-17(22)20-15(16(21)23-4)12-8-6-10-13-9-5-7-11-14(13)19/h5,7,9,11,15H,6,8,10,12H2,1-4H3,(H,20,22)/t15-/m0/s1. The Labute approximate surface area is 152 Å². The van der Waals surface area contributed by atoms with Crippen LogP contribution in [0.25, 0.3) is 0 Å². The molecule has 5 nitrogen and oxygen atoms in total. The second-order valence-corrected chi connectivity index (χ2v) is 7.41. The fraction of sp³-hybridized carbons (Fsp3) is 0.556. The lowest BCUT2D eigenvalue weighted by Crippen LogP contribution is -2.44. The maximum absolute atomic E-state index is 11.8. The molecule has 0 heterocycles. The molecular formula is C18H26BrNO4. The molecule has 24 heavy (non-hydrogen) atoms. The van der Waals surface area contributed by atoms with E-state index in [0.29, 0.717) is 6.42 Å². The van der Waals surface area contributed by atoms with Crippen LogP contribution in [0.2, 0.25) is 0 Å². The summed E-state index contributed by atoms with van der Waals surface area (Å²) >= 11 is 3.52. The molecule has 0 saturated carbocycles. The van der Waals surface area contributed by atoms with E-state index in [-0.39, 0.29) is 0 Å². The number of amides is 1. The monoisotopic (exact) mass is 399 g/mol. The summed E-state index contributed by atoms with van der Waals surface area (Å²) in [6, 6.07) is 7.37. The molecule has 0 spiro atoms. The summed E-state index contributed by atoms with van der Waals surface area (Å²) in [5.74, 6) is -0.457. The lowest BCUT2D eigenvalue weighted by atomic mass is 10.0. The Morgan fingerprint density at radius 1 is 1.21 bits per heavy atom. The van der Waals surface area contributed by atoms with Crippen molar-refractivity contribution >= 4 is 28.0 Å². The number of aryl methyl sites for hydroxylation is 1. The average molecular weight is 400 g/mol. The Morgan fingerprint density at radius 3 is 2.46 bits per heavy atom. The van der Waals surface area contributed by atoms with Gasteiger partial charge in [0.1, 0.15) is 11.6 Å². The van der Waals surface area contributed by atoms with Gasteiger partial charge in [-0.1, -0.05) is 40.5 Å². The van der Waals surface area contributed by atoms with Gasteiger partial charge in [0, 0.05) is 4.47 Å². The van der Waals surface area contributed by atoms with E-state index in [4.69, 9.17) is 9.47 Å². The fourth-order valence-electron chi connectivity index (χ4n) is 2.21. The molecule has 0 aromatic heterocycles. The van der Waals surface area contributed by atoms with Crippen molar-refractivity contribution in [1.29, 1.82) is 0 Å². The maximum atomic E-state index is 11.8. The van der Waals surface area contributed by atoms with E-state index < -0.39 is 23.7 Å². The van der Waals surface area contributed by atoms with Crippen LogP contribution >= 0.6 is 15.9 Å². The number of esters is 1. The molecule has 1 rings (SSSR count). The van der Waals surface area contributed by atoms with Gasteiger partial charge < -0.3 is 14.8 Å². The zero-order chi connectivity index (χ0) is 18.2. The van der Waals surface area contributed by atoms with Crippen LogP contribution in [0.5, 0.6) is 0 Å². The highest BCUT2D eigenvalue weighted by Gasteiger charge is 2.24. The summed E-state index contributed by atoms with van der Waals surface area (Å²) in [7, 11) is 1.31. The number of carbonyl (C=O) groups excluding carboxylic acids is 2. The van der Waals surface area contributed by atoms with Crippen molar-refractivity contribution in [3.63, 3.8) is 0 Å². The highest BCUT2D eigenvalue weighted by molar-refractivity contribution is 9.10. The van der Waals surface area contributed by atoms with Crippen LogP contribution in [0.4, 0.5) is 4.79 Å². The molecule has 1 aromatic rings. The second kappa shape index (κ2) is 9.67. The molecule has 1 atom stereocenters. The van der Waals surface area contributed by atoms with E-state index in [1.54, 1.807) is 20.8 Å². The number of benzene rings is 1. The summed E-state index contributed by atoms with van der Waals surface area (Å²) in [5, 5.41) is 2.59. The number of halogens is 1. The molecule has 0 unspecified atom stereocenters. The molecular weight excluding hydrogens is 374 g/mol. The van der Waals surface area contributed by atoms with Crippen LogP contribution in [0.3, 0.4) is 0 Å². The third kappa shape index (κ3) is 7.81. The van der Waals surface area contributed by atoms with Crippen molar-refractivity contribution in [3.8, 4) is 0 Å². The van der Waals surface area contributed by atoms with Crippen molar-refractivity contribution in [2.75, 3.05) is 7.11 Å². The van der Waals surface area contributed by atoms with E-state index in [2.05, 4.69) is 27.3 Å². The van der Waals surface area contributed by atoms with Crippen molar-refractivity contribution in [2.45, 2.75) is 58.1 Å². The lowest BCUT2D eigenvalue weighted by Gasteiger charge is -2.22. The number of methoxy groups -OCH3 is 1. The predicted molar refractivity (Wildman–Crippen MR) is 96.9 cm³/mol. The minimum absolute atomic E-state index is 0.457. The van der Waals surface area contributed by atoms with Crippen molar-refractivity contribution in [2.24, 2.45) is 0 Å². The minimum atomic E-state index is -0.691. The van der Waals surface area contributed by atoms with Gasteiger partial charge in [-0.25, -0.2) is 9.59 Å². The van der Waals surface area contributed by atoms with Gasteiger partial charge in [-0.3, -0.25) is 0 Å². The fourth-order valence-corrected chi connectivity index (χ4v) is 2.69. The summed E-state index contributed by atoms with van der Waals surface area (Å²) in [6.07, 6.45) is 2.50. The first-order chi connectivity index (χ1) is 11.2. The van der Waals surface area contributed by atoms with E-state index >= 15 is 0 Å². The molecule has 0 bridgehead atoms. The van der Waals surface area contributed by atoms with Crippen LogP contribution in [0, 0.1) is 0 Å². The van der Waals surface area contributed by atoms with Gasteiger partial charge in [-0.05, 0) is 51.7 Å². The van der Waals surface area contributed by atoms with E-state index in [9.17, 15) is 9.59 Å². The third-order valence-corrected chi connectivity index (χ3v) is 4.10. The van der Waals surface area contributed by atoms with Crippen LogP contribution < -0.4 is 5.32 Å². The molecule has 0 aliphatic rings. The maximum Gasteiger partial charge on any atom is 0.408 e. The third-order valence-electron chi connectivity index (χ3n) is 3.32. The Bertz CT molecular complexity index is 554. The summed E-state index contributed by atoms with van der Waals surface area (Å²) in [4.78, 5) is 23.7. The molecule has 1 N–H and O–H groups in total. The van der Waals surface area contributed by atoms with Crippen molar-refractivity contribution in [1.82, 2.24) is 5.32 Å². The number of hydrogen-bond acceptors (Lipinski definition) is 4. The minimum Gasteiger partial charge on any atom is -0.467 e. The molecule has 0 aliphatic carbocycles. The van der Waals surface area contributed by atoms with Crippen molar-refractivity contribution in [3.05, 3.63) is 34.3 Å². The van der Waals surface area contributed by atoms with Gasteiger partial charge in [0.25, 0.3) is 0 Å². The van der Waals surface area contributed by atoms with Crippen LogP contribution in [-0.2, 0) is 20.7 Å². The van der Waals surface area contributed by atoms with E-state index in [1.165, 1.54) is 12.7 Å². The van der Waals surface area contributed by atoms with Crippen molar-refractivity contribution < 1.29 is 19.1 Å². The molecule has 1 amide bonds. The van der Waals surface area contributed by atoms with E-state index in [0.717, 1.165) is 23.7 Å². The highest BCUT2D eigenvalue weighted by atomic mass is 79.9. The smallest absolute Gasteiger partial charge is 0.408 e. The molecule has 6 heteroatoms. The predicted octanol–water partition coefficient (Wildman–Crippen LogP) is 4.23. The number of nitrogens with one attached hydrogen (secondary N) is 1. The van der Waals surface area contributed by atoms with Gasteiger partial charge in [-0.15, -0.1) is 0 Å². The first kappa shape index (κ1) is 20.5. The van der Waals surface area contributed by atoms with E-state index in [1.807, 2.05) is 18.2 Å². The topological polar surface area (TPSA) is 64.6 Å². The summed E-state index contributed by atoms with van der Waals surface area (Å²) in [5.41, 5.74) is 0.622. The van der Waals surface area contributed by atoms with Crippen LogP contribution in [-0.4, -0.2) is 30.8 Å². The van der Waals surface area contributed by atoms with Gasteiger partial charge >= 0.3 is 12.1 Å².